The van der Waals surface area contributed by atoms with Crippen molar-refractivity contribution in [1.29, 1.82) is 0 Å². The Balaban J connectivity index is 0.000000130. The van der Waals surface area contributed by atoms with E-state index in [0.29, 0.717) is 0 Å². The van der Waals surface area contributed by atoms with E-state index in [1.54, 1.807) is 29.8 Å². The number of thiazole rings is 1. The van der Waals surface area contributed by atoms with E-state index < -0.39 is 0 Å². The summed E-state index contributed by atoms with van der Waals surface area (Å²) in [5.41, 5.74) is 4.72. The van der Waals surface area contributed by atoms with Crippen LogP contribution in [0.3, 0.4) is 0 Å². The van der Waals surface area contributed by atoms with Crippen molar-refractivity contribution in [2.75, 3.05) is 0 Å². The lowest BCUT2D eigenvalue weighted by Crippen LogP contribution is -1.61. The fourth-order valence-electron chi connectivity index (χ4n) is 2.20. The molecule has 0 fully saturated rings. The lowest BCUT2D eigenvalue weighted by Gasteiger charge is -1.80. The summed E-state index contributed by atoms with van der Waals surface area (Å²) in [7, 11) is 0. The van der Waals surface area contributed by atoms with Gasteiger partial charge in [-0.1, -0.05) is 34.5 Å². The Labute approximate surface area is 217 Å². The van der Waals surface area contributed by atoms with Crippen LogP contribution in [0.4, 0.5) is 0 Å². The summed E-state index contributed by atoms with van der Waals surface area (Å²) in [5.74, 6) is 0. The van der Waals surface area contributed by atoms with Crippen LogP contribution in [0.15, 0.2) is 139 Å². The number of oxazole rings is 2. The third-order valence-electron chi connectivity index (χ3n) is 3.68. The molecule has 0 N–H and O–H groups in total. The smallest absolute Gasteiger partial charge is 0.235 e. The zero-order valence-corrected chi connectivity index (χ0v) is 20.3. The summed E-state index contributed by atoms with van der Waals surface area (Å²) in [6.07, 6.45) is 13.0. The highest BCUT2D eigenvalue weighted by Crippen LogP contribution is 2.15. The van der Waals surface area contributed by atoms with E-state index in [4.69, 9.17) is 4.42 Å². The van der Waals surface area contributed by atoms with Gasteiger partial charge < -0.3 is 22.4 Å². The highest BCUT2D eigenvalue weighted by molar-refractivity contribution is 7.16. The monoisotopic (exact) mass is 533 g/mol. The maximum atomic E-state index is 5.01. The van der Waals surface area contributed by atoms with Gasteiger partial charge in [-0.05, 0) is 35.5 Å². The minimum Gasteiger partial charge on any atom is -0.452 e. The lowest BCUT2D eigenvalue weighted by molar-refractivity contribution is 0.392. The first-order valence-corrected chi connectivity index (χ1v) is 11.3. The van der Waals surface area contributed by atoms with Crippen molar-refractivity contribution >= 4 is 32.7 Å². The third-order valence-corrected chi connectivity index (χ3v) is 4.49. The fourth-order valence-corrected chi connectivity index (χ4v) is 2.88. The first kappa shape index (κ1) is 27.0. The van der Waals surface area contributed by atoms with Crippen LogP contribution in [0.2, 0.25) is 0 Å². The van der Waals surface area contributed by atoms with Crippen LogP contribution in [0.25, 0.3) is 21.3 Å². The van der Waals surface area contributed by atoms with Gasteiger partial charge in [0.15, 0.2) is 18.4 Å². The maximum Gasteiger partial charge on any atom is 0.235 e. The molecule has 0 atom stereocenters. The Morgan fingerprint density at radius 1 is 0.632 bits per heavy atom. The third kappa shape index (κ3) is 11.2. The van der Waals surface area contributed by atoms with Gasteiger partial charge in [0.2, 0.25) is 6.39 Å². The number of para-hydroxylation sites is 3. The molecule has 2 aromatic carbocycles. The van der Waals surface area contributed by atoms with E-state index in [9.17, 15) is 0 Å². The molecule has 0 radical (unpaired) electrons. The average molecular weight is 534 g/mol. The van der Waals surface area contributed by atoms with Gasteiger partial charge in [0.25, 0.3) is 0 Å². The Bertz CT molecular complexity index is 1240. The minimum absolute atomic E-state index is 0.845. The molecule has 8 rings (SSSR count). The van der Waals surface area contributed by atoms with Crippen molar-refractivity contribution in [2.45, 2.75) is 0 Å². The molecular weight excluding hydrogens is 514 g/mol. The fraction of sp³-hybridized carbons (Fsp3) is 0. The number of fused-ring (bicyclic) bond motifs is 2. The second kappa shape index (κ2) is 17.8. The molecule has 0 amide bonds. The SMILES string of the molecule is c1ccc2ocnc2c1.c1ccc2scnc2c1.c1cnoc1.c1cocn1.c1conn1.c1nnno1. The minimum atomic E-state index is 0.845. The normalized spacial score (nSPS) is 9.05. The lowest BCUT2D eigenvalue weighted by atomic mass is 10.3. The molecule has 0 saturated heterocycles. The molecule has 6 aromatic heterocycles. The second-order valence-electron chi connectivity index (χ2n) is 6.09. The van der Waals surface area contributed by atoms with Crippen LogP contribution in [0.1, 0.15) is 0 Å². The van der Waals surface area contributed by atoms with Crippen molar-refractivity contribution in [2.24, 2.45) is 0 Å². The summed E-state index contributed by atoms with van der Waals surface area (Å²) in [5, 5.41) is 19.0. The predicted octanol–water partition coefficient (Wildman–Crippen LogP) is 5.01. The zero-order valence-electron chi connectivity index (χ0n) is 19.4. The predicted molar refractivity (Wildman–Crippen MR) is 133 cm³/mol. The highest BCUT2D eigenvalue weighted by atomic mass is 32.1. The van der Waals surface area contributed by atoms with E-state index in [1.165, 1.54) is 42.5 Å². The molecule has 14 nitrogen and oxygen atoms in total. The molecular formula is C23H19N9O5S. The molecule has 38 heavy (non-hydrogen) atoms. The van der Waals surface area contributed by atoms with Crippen molar-refractivity contribution in [3.8, 4) is 0 Å². The van der Waals surface area contributed by atoms with E-state index in [1.807, 2.05) is 48.0 Å². The number of hydrogen-bond donors (Lipinski definition) is 0. The van der Waals surface area contributed by atoms with Gasteiger partial charge in [-0.3, -0.25) is 0 Å². The molecule has 0 saturated carbocycles. The van der Waals surface area contributed by atoms with Crippen molar-refractivity contribution in [1.82, 2.24) is 46.1 Å². The van der Waals surface area contributed by atoms with Gasteiger partial charge in [0.05, 0.1) is 39.6 Å². The molecule has 0 bridgehead atoms. The van der Waals surface area contributed by atoms with Crippen LogP contribution in [-0.2, 0) is 0 Å². The molecule has 0 spiro atoms. The molecule has 0 aliphatic carbocycles. The van der Waals surface area contributed by atoms with Crippen LogP contribution >= 0.6 is 11.3 Å². The molecule has 192 valence electrons. The highest BCUT2D eigenvalue weighted by Gasteiger charge is 1.91. The summed E-state index contributed by atoms with van der Waals surface area (Å²) < 4.78 is 23.4. The molecule has 0 aliphatic rings. The van der Waals surface area contributed by atoms with Gasteiger partial charge in [-0.15, -0.1) is 16.4 Å². The van der Waals surface area contributed by atoms with E-state index in [2.05, 4.69) is 70.1 Å². The second-order valence-corrected chi connectivity index (χ2v) is 6.98. The van der Waals surface area contributed by atoms with Crippen LogP contribution < -0.4 is 0 Å². The topological polar surface area (TPSA) is 182 Å². The Morgan fingerprint density at radius 3 is 2.03 bits per heavy atom. The number of rotatable bonds is 0. The summed E-state index contributed by atoms with van der Waals surface area (Å²) in [6, 6.07) is 17.5. The Kier molecular flexibility index (Phi) is 12.7. The van der Waals surface area contributed by atoms with Gasteiger partial charge in [0.1, 0.15) is 24.3 Å². The summed E-state index contributed by atoms with van der Waals surface area (Å²) in [6.45, 7) is 0. The number of aromatic nitrogens is 9. The molecule has 6 heterocycles. The largest absolute Gasteiger partial charge is 0.452 e. The van der Waals surface area contributed by atoms with Crippen LogP contribution in [0, 0.1) is 0 Å². The van der Waals surface area contributed by atoms with Crippen LogP contribution in [-0.4, -0.2) is 46.1 Å². The van der Waals surface area contributed by atoms with Crippen molar-refractivity contribution in [3.05, 3.63) is 117 Å². The standard InChI is InChI=1S/C7H5NO.C7H5NS.2C3H3NO.C2H2N2O.CHN3O/c2*1-2-4-7-6(3-1)8-5-9-7;1-2-5-3-4-1;1-2-4-5-3-1;1-2-5-4-3-1;1-2-3-4-5-1/h2*1-5H;2*1-3H;1-2H;1H. The van der Waals surface area contributed by atoms with Crippen LogP contribution in [0.5, 0.6) is 0 Å². The number of benzene rings is 2. The van der Waals surface area contributed by atoms with Gasteiger partial charge in [-0.2, -0.15) is 0 Å². The first-order chi connectivity index (χ1) is 18.9. The van der Waals surface area contributed by atoms with E-state index >= 15 is 0 Å². The van der Waals surface area contributed by atoms with Gasteiger partial charge in [-0.25, -0.2) is 15.0 Å². The van der Waals surface area contributed by atoms with Crippen molar-refractivity contribution < 1.29 is 22.4 Å². The maximum absolute atomic E-state index is 5.01. The summed E-state index contributed by atoms with van der Waals surface area (Å²) in [4.78, 5) is 11.6. The zero-order chi connectivity index (χ0) is 26.4. The molecule has 0 unspecified atom stereocenters. The molecule has 8 aromatic rings. The first-order valence-electron chi connectivity index (χ1n) is 10.4. The van der Waals surface area contributed by atoms with Gasteiger partial charge in [0, 0.05) is 5.27 Å². The van der Waals surface area contributed by atoms with E-state index in [0.717, 1.165) is 23.0 Å². The van der Waals surface area contributed by atoms with Crippen molar-refractivity contribution in [3.63, 3.8) is 0 Å². The molecule has 0 aliphatic heterocycles. The van der Waals surface area contributed by atoms with Gasteiger partial charge >= 0.3 is 0 Å². The number of nitrogens with zero attached hydrogens (tertiary/aromatic N) is 9. The van der Waals surface area contributed by atoms with E-state index in [-0.39, 0.29) is 0 Å². The summed E-state index contributed by atoms with van der Waals surface area (Å²) >= 11 is 1.68. The number of hydrogen-bond acceptors (Lipinski definition) is 15. The quantitative estimate of drug-likeness (QED) is 0.253. The molecule has 15 heteroatoms. The average Bonchev–Trinajstić information content (AvgIpc) is 3.83. The Morgan fingerprint density at radius 2 is 1.53 bits per heavy atom. The Hall–Kier alpha value is -5.57.